The Morgan fingerprint density at radius 3 is 2.10 bits per heavy atom. The highest BCUT2D eigenvalue weighted by Crippen LogP contribution is 2.38. The minimum absolute atomic E-state index is 0.188. The molecule has 1 aliphatic carbocycles. The SMILES string of the molecule is CC(=O)Nc1ccc(NC(=O)[C@H](C)OC(=O)c2c(NC(C)=O)sc3c2CCCC3)cc1. The van der Waals surface area contributed by atoms with Crippen LogP contribution in [-0.2, 0) is 32.0 Å². The number of fused-ring (bicyclic) bond motifs is 1. The Morgan fingerprint density at radius 1 is 0.903 bits per heavy atom. The molecule has 8 nitrogen and oxygen atoms in total. The van der Waals surface area contributed by atoms with Crippen molar-refractivity contribution in [3.63, 3.8) is 0 Å². The molecule has 31 heavy (non-hydrogen) atoms. The van der Waals surface area contributed by atoms with Gasteiger partial charge in [-0.25, -0.2) is 4.79 Å². The first kappa shape index (κ1) is 22.5. The van der Waals surface area contributed by atoms with E-state index in [2.05, 4.69) is 16.0 Å². The van der Waals surface area contributed by atoms with Crippen molar-refractivity contribution in [1.82, 2.24) is 0 Å². The van der Waals surface area contributed by atoms with Gasteiger partial charge in [0.05, 0.1) is 5.56 Å². The van der Waals surface area contributed by atoms with Crippen LogP contribution in [0.1, 0.15) is 54.4 Å². The van der Waals surface area contributed by atoms with E-state index < -0.39 is 18.0 Å². The van der Waals surface area contributed by atoms with Gasteiger partial charge in [0.1, 0.15) is 5.00 Å². The zero-order valence-electron chi connectivity index (χ0n) is 17.7. The number of esters is 1. The van der Waals surface area contributed by atoms with E-state index in [1.54, 1.807) is 24.3 Å². The number of hydrogen-bond acceptors (Lipinski definition) is 6. The van der Waals surface area contributed by atoms with Crippen molar-refractivity contribution in [3.8, 4) is 0 Å². The Morgan fingerprint density at radius 2 is 1.48 bits per heavy atom. The van der Waals surface area contributed by atoms with Crippen molar-refractivity contribution in [2.24, 2.45) is 0 Å². The molecular weight excluding hydrogens is 418 g/mol. The molecule has 164 valence electrons. The Labute approximate surface area is 184 Å². The third kappa shape index (κ3) is 5.69. The maximum atomic E-state index is 12.9. The molecule has 9 heteroatoms. The summed E-state index contributed by atoms with van der Waals surface area (Å²) in [4.78, 5) is 49.2. The van der Waals surface area contributed by atoms with Crippen LogP contribution < -0.4 is 16.0 Å². The van der Waals surface area contributed by atoms with E-state index in [0.29, 0.717) is 21.9 Å². The fourth-order valence-electron chi connectivity index (χ4n) is 3.39. The Bertz CT molecular complexity index is 1010. The molecule has 0 saturated carbocycles. The second-order valence-corrected chi connectivity index (χ2v) is 8.50. The van der Waals surface area contributed by atoms with E-state index in [9.17, 15) is 19.2 Å². The molecule has 1 atom stereocenters. The molecule has 0 radical (unpaired) electrons. The maximum Gasteiger partial charge on any atom is 0.342 e. The zero-order chi connectivity index (χ0) is 22.5. The summed E-state index contributed by atoms with van der Waals surface area (Å²) in [6, 6.07) is 6.60. The molecular formula is C22H25N3O5S. The van der Waals surface area contributed by atoms with Crippen molar-refractivity contribution < 1.29 is 23.9 Å². The van der Waals surface area contributed by atoms with E-state index in [4.69, 9.17) is 4.74 Å². The second-order valence-electron chi connectivity index (χ2n) is 7.39. The lowest BCUT2D eigenvalue weighted by Crippen LogP contribution is -2.30. The van der Waals surface area contributed by atoms with Crippen LogP contribution >= 0.6 is 11.3 Å². The van der Waals surface area contributed by atoms with Crippen LogP contribution in [0.3, 0.4) is 0 Å². The molecule has 0 fully saturated rings. The topological polar surface area (TPSA) is 114 Å². The van der Waals surface area contributed by atoms with E-state index in [1.165, 1.54) is 32.1 Å². The van der Waals surface area contributed by atoms with Crippen molar-refractivity contribution in [3.05, 3.63) is 40.3 Å². The minimum Gasteiger partial charge on any atom is -0.449 e. The molecule has 0 unspecified atom stereocenters. The van der Waals surface area contributed by atoms with Crippen LogP contribution in [-0.4, -0.2) is 29.8 Å². The summed E-state index contributed by atoms with van der Waals surface area (Å²) in [5.74, 6) is -1.55. The predicted molar refractivity (Wildman–Crippen MR) is 120 cm³/mol. The van der Waals surface area contributed by atoms with Gasteiger partial charge in [-0.05, 0) is 62.4 Å². The Balaban J connectivity index is 1.68. The molecule has 3 rings (SSSR count). The van der Waals surface area contributed by atoms with Crippen molar-refractivity contribution in [2.75, 3.05) is 16.0 Å². The summed E-state index contributed by atoms with van der Waals surface area (Å²) < 4.78 is 5.44. The van der Waals surface area contributed by atoms with Crippen molar-refractivity contribution in [1.29, 1.82) is 0 Å². The fraction of sp³-hybridized carbons (Fsp3) is 0.364. The van der Waals surface area contributed by atoms with Gasteiger partial charge in [-0.1, -0.05) is 0 Å². The number of thiophene rings is 1. The van der Waals surface area contributed by atoms with Crippen LogP contribution in [0.5, 0.6) is 0 Å². The molecule has 0 spiro atoms. The standard InChI is InChI=1S/C22H25N3O5S/c1-12(20(28)25-16-10-8-15(9-11-16)23-13(2)26)30-22(29)19-17-6-4-5-7-18(17)31-21(19)24-14(3)27/h8-12H,4-7H2,1-3H3,(H,23,26)(H,24,27)(H,25,28)/t12-/m0/s1. The lowest BCUT2D eigenvalue weighted by Gasteiger charge is -2.16. The summed E-state index contributed by atoms with van der Waals surface area (Å²) in [6.07, 6.45) is 2.59. The van der Waals surface area contributed by atoms with E-state index >= 15 is 0 Å². The summed E-state index contributed by atoms with van der Waals surface area (Å²) in [5, 5.41) is 8.53. The third-order valence-electron chi connectivity index (χ3n) is 4.79. The molecule has 0 bridgehead atoms. The number of carbonyl (C=O) groups excluding carboxylic acids is 4. The van der Waals surface area contributed by atoms with Gasteiger partial charge in [0.15, 0.2) is 6.10 Å². The van der Waals surface area contributed by atoms with E-state index in [-0.39, 0.29) is 11.8 Å². The largest absolute Gasteiger partial charge is 0.449 e. The number of hydrogen-bond donors (Lipinski definition) is 3. The summed E-state index contributed by atoms with van der Waals surface area (Å²) in [6.45, 7) is 4.30. The minimum atomic E-state index is -1.04. The van der Waals surface area contributed by atoms with Crippen LogP contribution in [0.2, 0.25) is 0 Å². The number of aryl methyl sites for hydroxylation is 1. The van der Waals surface area contributed by atoms with Crippen LogP contribution in [0.4, 0.5) is 16.4 Å². The van der Waals surface area contributed by atoms with Gasteiger partial charge in [-0.3, -0.25) is 14.4 Å². The van der Waals surface area contributed by atoms with Gasteiger partial charge in [-0.2, -0.15) is 0 Å². The highest BCUT2D eigenvalue weighted by atomic mass is 32.1. The molecule has 2 aromatic rings. The average molecular weight is 444 g/mol. The van der Waals surface area contributed by atoms with Gasteiger partial charge in [-0.15, -0.1) is 11.3 Å². The lowest BCUT2D eigenvalue weighted by molar-refractivity contribution is -0.123. The number of carbonyl (C=O) groups is 4. The lowest BCUT2D eigenvalue weighted by atomic mass is 9.95. The first-order valence-electron chi connectivity index (χ1n) is 10.1. The van der Waals surface area contributed by atoms with Crippen molar-refractivity contribution in [2.45, 2.75) is 52.6 Å². The number of ether oxygens (including phenoxy) is 1. The fourth-order valence-corrected chi connectivity index (χ4v) is 4.71. The number of amides is 3. The molecule has 0 saturated heterocycles. The summed E-state index contributed by atoms with van der Waals surface area (Å²) >= 11 is 1.40. The second kappa shape index (κ2) is 9.74. The highest BCUT2D eigenvalue weighted by molar-refractivity contribution is 7.17. The number of anilines is 3. The third-order valence-corrected chi connectivity index (χ3v) is 6.00. The zero-order valence-corrected chi connectivity index (χ0v) is 18.5. The van der Waals surface area contributed by atoms with Gasteiger partial charge < -0.3 is 20.7 Å². The van der Waals surface area contributed by atoms with Crippen LogP contribution in [0.25, 0.3) is 0 Å². The number of rotatable bonds is 6. The monoisotopic (exact) mass is 443 g/mol. The van der Waals surface area contributed by atoms with Crippen molar-refractivity contribution >= 4 is 51.4 Å². The molecule has 1 aliphatic rings. The number of benzene rings is 1. The Kier molecular flexibility index (Phi) is 7.06. The molecule has 3 amide bonds. The first-order chi connectivity index (χ1) is 14.7. The van der Waals surface area contributed by atoms with E-state index in [0.717, 1.165) is 36.1 Å². The molecule has 1 heterocycles. The normalized spacial score (nSPS) is 13.5. The quantitative estimate of drug-likeness (QED) is 0.589. The molecule has 1 aromatic heterocycles. The van der Waals surface area contributed by atoms with Crippen LogP contribution in [0.15, 0.2) is 24.3 Å². The average Bonchev–Trinajstić information content (AvgIpc) is 3.06. The van der Waals surface area contributed by atoms with Gasteiger partial charge in [0, 0.05) is 30.1 Å². The van der Waals surface area contributed by atoms with Gasteiger partial charge >= 0.3 is 5.97 Å². The highest BCUT2D eigenvalue weighted by Gasteiger charge is 2.29. The number of nitrogens with one attached hydrogen (secondary N) is 3. The summed E-state index contributed by atoms with van der Waals surface area (Å²) in [7, 11) is 0. The molecule has 1 aromatic carbocycles. The van der Waals surface area contributed by atoms with Gasteiger partial charge in [0.25, 0.3) is 5.91 Å². The Hall–Kier alpha value is -3.20. The van der Waals surface area contributed by atoms with Crippen LogP contribution in [0, 0.1) is 0 Å². The summed E-state index contributed by atoms with van der Waals surface area (Å²) in [5.41, 5.74) is 2.38. The molecule has 3 N–H and O–H groups in total. The van der Waals surface area contributed by atoms with E-state index in [1.807, 2.05) is 0 Å². The molecule has 0 aliphatic heterocycles. The van der Waals surface area contributed by atoms with Gasteiger partial charge in [0.2, 0.25) is 11.8 Å². The predicted octanol–water partition coefficient (Wildman–Crippen LogP) is 3.73. The first-order valence-corrected chi connectivity index (χ1v) is 10.9. The smallest absolute Gasteiger partial charge is 0.342 e. The maximum absolute atomic E-state index is 12.9.